The summed E-state index contributed by atoms with van der Waals surface area (Å²) in [5.41, 5.74) is 22.1. The predicted octanol–water partition coefficient (Wildman–Crippen LogP) is 19.8. The third-order valence-electron chi connectivity index (χ3n) is 21.3. The number of nitrogens with two attached hydrogens (primary N) is 3. The molecule has 5 heterocycles. The number of ketones is 2. The summed E-state index contributed by atoms with van der Waals surface area (Å²) in [6, 6.07) is 55.9. The number of hydrogen-bond donors (Lipinski definition) is 7. The third-order valence-corrected chi connectivity index (χ3v) is 21.3. The number of nitro groups is 3. The van der Waals surface area contributed by atoms with Gasteiger partial charge in [0.1, 0.15) is 68.2 Å². The van der Waals surface area contributed by atoms with Crippen molar-refractivity contribution in [2.45, 2.75) is 100 Å². The molecule has 1 aliphatic rings. The average molecular weight is 2190 g/mol. The van der Waals surface area contributed by atoms with E-state index in [2.05, 4.69) is 35.9 Å². The number of hydrazine groups is 1. The standard InChI is InChI=1S/C18H20N4O2.C18H17N3O4.C18H19N3O2.C11H11N3O2.C9H22N2O.C9H13NO2.C8H6N2O2.C8H8O3.C6H12N2O.2CH4.2ClH.Pd/c1-23-15-6-4-13(17(10-15)24-2)11-22-8-7-12-3-5-14(21-20)9-16(12)18(22)19;1-24-15-6-4-13(17(10-15)25-2)11-20-8-7-12-3-5-14(21(22)23)9-16(12)18(20)19;1-22-15-6-4-13(17(10-15)23-2)11-21-8-7-12-3-5-14(19)9-16(12)18(21)20;1-12-11-8-10(14(15)16)5-4-9(11)6-7-13(2)3;1-9(2,3)12-8(10(4)5)11(6)7;1-11-8-4-3-7(6-10)9(5-8)12-2;1-6-3-4-7(10(11)12)5-8(6)9-2;1-6(9)5-7(10)8-3-2-4-11-8;1-7-4-3-5-8(2)6(7)9;;;;;/h3-10,19,21H,11,20H2,1-2H3;3-10,19H,11H2,1-2H3;3-10,20H,11,19H2,1-2H3;4-8H,2-3H3;8H,1-7H3;3-5H,6,10H2,1-2H3;3-5H,1H3;2-4H,5H2,1H3;3-5H2,1-2H3;2*1H4;2*1H;/b;;;7-6+;;;;;;;;;;. The number of aromatic nitrogens is 3. The Morgan fingerprint density at radius 1 is 0.530 bits per heavy atom. The molecule has 42 heteroatoms. The van der Waals surface area contributed by atoms with E-state index in [1.165, 1.54) is 49.6 Å². The monoisotopic (exact) mass is 2180 g/mol. The molecule has 149 heavy (non-hydrogen) atoms. The zero-order chi connectivity index (χ0) is 107. The molecular weight excluding hydrogens is 2050 g/mol. The first-order chi connectivity index (χ1) is 68.5. The molecule has 0 unspecified atom stereocenters. The maximum Gasteiger partial charge on any atom is 0.319 e. The summed E-state index contributed by atoms with van der Waals surface area (Å²) < 4.78 is 58.1. The van der Waals surface area contributed by atoms with Crippen LogP contribution < -0.4 is 77.1 Å². The number of carbonyl (C=O) groups excluding carboxylic acids is 3. The van der Waals surface area contributed by atoms with E-state index < -0.39 is 14.8 Å². The number of amides is 2. The summed E-state index contributed by atoms with van der Waals surface area (Å²) >= 11 is 0. The van der Waals surface area contributed by atoms with Crippen molar-refractivity contribution in [3.8, 4) is 46.0 Å². The topological polar surface area (TPSA) is 478 Å². The van der Waals surface area contributed by atoms with Gasteiger partial charge in [-0.05, 0) is 212 Å². The van der Waals surface area contributed by atoms with Crippen molar-refractivity contribution in [2.24, 2.45) is 11.6 Å². The van der Waals surface area contributed by atoms with Crippen molar-refractivity contribution in [2.75, 3.05) is 138 Å². The number of rotatable bonds is 27. The molecule has 9 aromatic carbocycles. The van der Waals surface area contributed by atoms with E-state index in [0.717, 1.165) is 114 Å². The van der Waals surface area contributed by atoms with E-state index >= 15 is 0 Å². The van der Waals surface area contributed by atoms with Crippen LogP contribution in [0.1, 0.15) is 99.3 Å². The number of nitrogens with one attached hydrogen (secondary N) is 4. The first-order valence-electron chi connectivity index (χ1n) is 44.6. The predicted molar refractivity (Wildman–Crippen MR) is 585 cm³/mol. The van der Waals surface area contributed by atoms with Gasteiger partial charge in [-0.15, -0.1) is 24.8 Å². The smallest absolute Gasteiger partial charge is 0.319 e. The molecule has 1 saturated heterocycles. The number of aryl methyl sites for hydroxylation is 1. The molecule has 0 atom stereocenters. The average Bonchev–Trinajstić information content (AvgIpc) is 1.44. The number of urea groups is 1. The molecule has 1 fully saturated rings. The van der Waals surface area contributed by atoms with Crippen molar-refractivity contribution in [3.05, 3.63) is 334 Å². The normalized spacial score (nSPS) is 10.8. The number of non-ortho nitro benzene ring substituents is 3. The van der Waals surface area contributed by atoms with Crippen molar-refractivity contribution >= 4 is 121 Å². The molecule has 0 radical (unpaired) electrons. The summed E-state index contributed by atoms with van der Waals surface area (Å²) in [5, 5.41) is 62.1. The Balaban J connectivity index is 0.000000852. The van der Waals surface area contributed by atoms with Crippen LogP contribution in [-0.4, -0.2) is 209 Å². The van der Waals surface area contributed by atoms with Crippen molar-refractivity contribution in [1.29, 1.82) is 16.2 Å². The number of anilines is 2. The molecule has 0 spiro atoms. The van der Waals surface area contributed by atoms with E-state index in [4.69, 9.17) is 93.7 Å². The van der Waals surface area contributed by atoms with Crippen molar-refractivity contribution in [1.82, 2.24) is 38.2 Å². The zero-order valence-electron chi connectivity index (χ0n) is 86.1. The molecule has 14 rings (SSSR count). The fourth-order valence-corrected chi connectivity index (χ4v) is 13.8. The second-order valence-corrected chi connectivity index (χ2v) is 33.6. The van der Waals surface area contributed by atoms with Crippen LogP contribution in [0.15, 0.2) is 230 Å². The molecule has 4 aromatic heterocycles. The Morgan fingerprint density at radius 2 is 0.906 bits per heavy atom. The summed E-state index contributed by atoms with van der Waals surface area (Å²) in [7, 11) is 28.3. The van der Waals surface area contributed by atoms with Crippen LogP contribution >= 0.6 is 24.8 Å². The largest absolute Gasteiger partial charge is 0.497 e. The summed E-state index contributed by atoms with van der Waals surface area (Å²) in [4.78, 5) is 78.6. The number of carbonyl (C=O) groups is 3. The molecule has 2 amide bonds. The summed E-state index contributed by atoms with van der Waals surface area (Å²) in [6.45, 7) is 26.8. The number of nitrogens with zero attached hydrogens (tertiary/aromatic N) is 13. The second-order valence-electron chi connectivity index (χ2n) is 33.6. The maximum absolute atomic E-state index is 11.0. The molecule has 1 aliphatic heterocycles. The Morgan fingerprint density at radius 3 is 1.26 bits per heavy atom. The van der Waals surface area contributed by atoms with Gasteiger partial charge in [-0.1, -0.05) is 45.2 Å². The van der Waals surface area contributed by atoms with Gasteiger partial charge in [0, 0.05) is 197 Å². The minimum Gasteiger partial charge on any atom is -0.497 e. The van der Waals surface area contributed by atoms with Crippen molar-refractivity contribution in [3.63, 3.8) is 0 Å². The SMILES string of the molecule is C.C.CC(=O)CC(=O)c1ccco1.CN(C)C(OC(C)(C)C)N(C)C.CN1CCCN(C)C1=O.COc1ccc(CN)c(OC)c1.COc1ccc(Cn2ccc3ccc(N)cc3c2=N)c(OC)c1.COc1ccc(Cn2ccc3ccc(NN)cc3c2=N)c(OC)c1.COc1ccc(Cn2ccc3ccc([N+](=O)[O-])cc3c2=N)c(OC)c1.Cl.Cl.[C-]#[N+]c1cc([N+](=O)[O-])ccc1/C=C/N(C)C.[C-]#[N+]c1cc([N+](=O)[O-])ccc1C.[Pd]. The number of fused-ring (bicyclic) bond motifs is 3. The number of halogens is 2. The van der Waals surface area contributed by atoms with Gasteiger partial charge in [-0.2, -0.15) is 0 Å². The molecule has 0 bridgehead atoms. The Kier molecular flexibility index (Phi) is 57.3. The third kappa shape index (κ3) is 40.5. The van der Waals surface area contributed by atoms with Crippen molar-refractivity contribution < 1.29 is 96.6 Å². The van der Waals surface area contributed by atoms with Gasteiger partial charge in [0.05, 0.1) is 123 Å². The molecule has 10 N–H and O–H groups in total. The number of benzene rings is 9. The number of furan rings is 1. The first kappa shape index (κ1) is 131. The van der Waals surface area contributed by atoms with Crippen LogP contribution in [0.4, 0.5) is 44.6 Å². The minimum absolute atomic E-state index is 0. The molecule has 0 aliphatic carbocycles. The van der Waals surface area contributed by atoms with E-state index in [1.54, 1.807) is 133 Å². The molecular formula is C107H138Cl2N20O19Pd. The van der Waals surface area contributed by atoms with Gasteiger partial charge in [-0.3, -0.25) is 71.8 Å². The Hall–Kier alpha value is -15.7. The Bertz CT molecular complexity index is 6860. The molecule has 13 aromatic rings. The van der Waals surface area contributed by atoms with Gasteiger partial charge in [0.25, 0.3) is 17.1 Å². The zero-order valence-corrected chi connectivity index (χ0v) is 89.3. The summed E-state index contributed by atoms with van der Waals surface area (Å²) in [6.07, 6.45) is 11.6. The van der Waals surface area contributed by atoms with Crippen LogP contribution in [0, 0.1) is 66.6 Å². The minimum atomic E-state index is -0.506. The molecule has 804 valence electrons. The number of pyridine rings is 3. The van der Waals surface area contributed by atoms with E-state index in [-0.39, 0.29) is 130 Å². The van der Waals surface area contributed by atoms with E-state index in [9.17, 15) is 44.7 Å². The number of nitro benzene ring substituents is 3. The van der Waals surface area contributed by atoms with Gasteiger partial charge in [-0.25, -0.2) is 14.5 Å². The fraction of sp³-hybridized carbons (Fsp3) is 0.308. The number of methoxy groups -OCH3 is 8. The van der Waals surface area contributed by atoms with Crippen LogP contribution in [0.5, 0.6) is 46.0 Å². The fourth-order valence-electron chi connectivity index (χ4n) is 13.8. The first-order valence-corrected chi connectivity index (χ1v) is 44.6. The maximum atomic E-state index is 11.0. The van der Waals surface area contributed by atoms with Crippen LogP contribution in [0.25, 0.3) is 48.1 Å². The second kappa shape index (κ2) is 65.0. The molecule has 39 nitrogen and oxygen atoms in total. The number of hydrogen-bond acceptors (Lipinski definition) is 29. The summed E-state index contributed by atoms with van der Waals surface area (Å²) in [5.74, 6) is 11.2. The van der Waals surface area contributed by atoms with Gasteiger partial charge in [0.2, 0.25) is 11.5 Å². The van der Waals surface area contributed by atoms with Crippen LogP contribution in [0.2, 0.25) is 0 Å². The molecule has 0 saturated carbocycles. The Labute approximate surface area is 895 Å². The van der Waals surface area contributed by atoms with Gasteiger partial charge >= 0.3 is 6.03 Å². The van der Waals surface area contributed by atoms with Gasteiger partial charge in [0.15, 0.2) is 17.8 Å². The van der Waals surface area contributed by atoms with E-state index in [0.29, 0.717) is 71.0 Å². The number of nitrogen functional groups attached to an aromatic ring is 2. The van der Waals surface area contributed by atoms with Crippen LogP contribution in [-0.2, 0) is 56.1 Å². The van der Waals surface area contributed by atoms with Crippen LogP contribution in [0.3, 0.4) is 0 Å². The number of Topliss-reactive ketones (excluding diaryl/α,β-unsaturated/α-hetero) is 2. The van der Waals surface area contributed by atoms with E-state index in [1.807, 2.05) is 214 Å². The van der Waals surface area contributed by atoms with Gasteiger partial charge < -0.3 is 92.3 Å². The quantitative estimate of drug-likeness (QED) is 0.00289. The number of ether oxygens (including phenoxy) is 9.